The summed E-state index contributed by atoms with van der Waals surface area (Å²) in [6.45, 7) is 8.96. The van der Waals surface area contributed by atoms with Crippen LogP contribution in [0.15, 0.2) is 11.1 Å². The third kappa shape index (κ3) is 1.56. The minimum atomic E-state index is -0.637. The molecule has 0 aromatic carbocycles. The lowest BCUT2D eigenvalue weighted by Gasteiger charge is -2.61. The van der Waals surface area contributed by atoms with Gasteiger partial charge in [0.15, 0.2) is 6.10 Å². The Labute approximate surface area is 143 Å². The van der Waals surface area contributed by atoms with E-state index in [9.17, 15) is 9.90 Å². The van der Waals surface area contributed by atoms with Gasteiger partial charge in [0.1, 0.15) is 17.8 Å². The maximum atomic E-state index is 12.1. The number of carbonyl (C=O) groups is 1. The van der Waals surface area contributed by atoms with E-state index < -0.39 is 12.2 Å². The minimum absolute atomic E-state index is 0.00911. The summed E-state index contributed by atoms with van der Waals surface area (Å²) in [5, 5.41) is 11.3. The number of epoxide rings is 1. The van der Waals surface area contributed by atoms with E-state index in [1.165, 1.54) is 12.8 Å². The molecule has 2 aliphatic heterocycles. The molecule has 0 unspecified atom stereocenters. The number of fused-ring (bicyclic) bond motifs is 4. The standard InChI is InChI=1S/C20H28O4/c1-10-12-14(23-17(10)22)13(21)15-19(4)8-5-7-18(2,3)11(19)6-9-20(15)16(12)24-20/h11,13-16,21H,5-9H2,1-4H3/t11-,13+,14+,15+,16-,19-,20+/m1/s1. The molecule has 132 valence electrons. The van der Waals surface area contributed by atoms with Crippen molar-refractivity contribution in [3.8, 4) is 0 Å². The normalized spacial score (nSPS) is 54.4. The Morgan fingerprint density at radius 3 is 2.67 bits per heavy atom. The van der Waals surface area contributed by atoms with Crippen LogP contribution in [0.1, 0.15) is 59.8 Å². The van der Waals surface area contributed by atoms with Gasteiger partial charge in [-0.2, -0.15) is 0 Å². The molecular weight excluding hydrogens is 304 g/mol. The third-order valence-electron chi connectivity index (χ3n) is 8.27. The monoisotopic (exact) mass is 332 g/mol. The van der Waals surface area contributed by atoms with Gasteiger partial charge in [-0.05, 0) is 49.4 Å². The highest BCUT2D eigenvalue weighted by Gasteiger charge is 2.77. The van der Waals surface area contributed by atoms with Crippen LogP contribution in [0.25, 0.3) is 0 Å². The van der Waals surface area contributed by atoms with Crippen molar-refractivity contribution < 1.29 is 19.4 Å². The number of esters is 1. The first-order chi connectivity index (χ1) is 11.2. The lowest BCUT2D eigenvalue weighted by atomic mass is 9.43. The summed E-state index contributed by atoms with van der Waals surface area (Å²) < 4.78 is 11.9. The molecule has 2 heterocycles. The molecule has 4 nitrogen and oxygen atoms in total. The smallest absolute Gasteiger partial charge is 0.334 e. The first kappa shape index (κ1) is 15.4. The Kier molecular flexibility index (Phi) is 2.74. The molecule has 1 N–H and O–H groups in total. The van der Waals surface area contributed by atoms with Gasteiger partial charge >= 0.3 is 5.97 Å². The molecule has 5 aliphatic rings. The van der Waals surface area contributed by atoms with Crippen molar-refractivity contribution in [2.75, 3.05) is 0 Å². The Hall–Kier alpha value is -0.870. The number of aliphatic hydroxyl groups is 1. The lowest BCUT2D eigenvalue weighted by molar-refractivity contribution is -0.174. The quantitative estimate of drug-likeness (QED) is 0.547. The number of rotatable bonds is 0. The van der Waals surface area contributed by atoms with Gasteiger partial charge in [0.05, 0.1) is 0 Å². The van der Waals surface area contributed by atoms with Gasteiger partial charge < -0.3 is 14.6 Å². The van der Waals surface area contributed by atoms with Crippen molar-refractivity contribution in [2.45, 2.75) is 83.7 Å². The summed E-state index contributed by atoms with van der Waals surface area (Å²) in [4.78, 5) is 12.1. The number of hydrogen-bond acceptors (Lipinski definition) is 4. The molecule has 5 rings (SSSR count). The maximum Gasteiger partial charge on any atom is 0.334 e. The van der Waals surface area contributed by atoms with Gasteiger partial charge in [-0.25, -0.2) is 4.79 Å². The molecule has 24 heavy (non-hydrogen) atoms. The Balaban J connectivity index is 1.61. The summed E-state index contributed by atoms with van der Waals surface area (Å²) >= 11 is 0. The van der Waals surface area contributed by atoms with E-state index in [4.69, 9.17) is 9.47 Å². The summed E-state index contributed by atoms with van der Waals surface area (Å²) in [6.07, 6.45) is 4.64. The van der Waals surface area contributed by atoms with Gasteiger partial charge in [0.2, 0.25) is 0 Å². The van der Waals surface area contributed by atoms with E-state index in [1.54, 1.807) is 0 Å². The Morgan fingerprint density at radius 1 is 1.17 bits per heavy atom. The van der Waals surface area contributed by atoms with Crippen LogP contribution in [0.5, 0.6) is 0 Å². The molecule has 0 radical (unpaired) electrons. The van der Waals surface area contributed by atoms with E-state index in [1.807, 2.05) is 6.92 Å². The predicted molar refractivity (Wildman–Crippen MR) is 88.1 cm³/mol. The Bertz CT molecular complexity index is 665. The zero-order valence-corrected chi connectivity index (χ0v) is 15.1. The van der Waals surface area contributed by atoms with Crippen LogP contribution in [0, 0.1) is 22.7 Å². The molecule has 4 fully saturated rings. The number of aliphatic hydroxyl groups excluding tert-OH is 1. The molecule has 0 amide bonds. The zero-order valence-electron chi connectivity index (χ0n) is 15.1. The van der Waals surface area contributed by atoms with Crippen LogP contribution >= 0.6 is 0 Å². The molecule has 3 saturated carbocycles. The second-order valence-corrected chi connectivity index (χ2v) is 9.77. The van der Waals surface area contributed by atoms with Crippen LogP contribution in [-0.4, -0.2) is 35.0 Å². The lowest BCUT2D eigenvalue weighted by Crippen LogP contribution is -2.63. The fourth-order valence-electron chi connectivity index (χ4n) is 7.33. The van der Waals surface area contributed by atoms with Crippen LogP contribution in [-0.2, 0) is 14.3 Å². The van der Waals surface area contributed by atoms with Crippen LogP contribution < -0.4 is 0 Å². The minimum Gasteiger partial charge on any atom is -0.452 e. The fraction of sp³-hybridized carbons (Fsp3) is 0.850. The van der Waals surface area contributed by atoms with Gasteiger partial charge in [-0.3, -0.25) is 0 Å². The van der Waals surface area contributed by atoms with Crippen LogP contribution in [0.3, 0.4) is 0 Å². The van der Waals surface area contributed by atoms with Crippen molar-refractivity contribution >= 4 is 5.97 Å². The molecule has 1 saturated heterocycles. The number of carbonyl (C=O) groups excluding carboxylic acids is 1. The first-order valence-corrected chi connectivity index (χ1v) is 9.50. The average Bonchev–Trinajstić information content (AvgIpc) is 3.10. The zero-order chi connectivity index (χ0) is 17.1. The van der Waals surface area contributed by atoms with Crippen LogP contribution in [0.2, 0.25) is 0 Å². The molecule has 0 aromatic rings. The van der Waals surface area contributed by atoms with Gasteiger partial charge in [-0.15, -0.1) is 0 Å². The molecule has 3 aliphatic carbocycles. The molecular formula is C20H28O4. The Morgan fingerprint density at radius 2 is 1.92 bits per heavy atom. The molecule has 7 atom stereocenters. The number of ether oxygens (including phenoxy) is 2. The summed E-state index contributed by atoms with van der Waals surface area (Å²) in [5.74, 6) is 0.391. The average molecular weight is 332 g/mol. The highest BCUT2D eigenvalue weighted by Crippen LogP contribution is 2.71. The molecule has 0 bridgehead atoms. The first-order valence-electron chi connectivity index (χ1n) is 9.50. The fourth-order valence-corrected chi connectivity index (χ4v) is 7.33. The second kappa shape index (κ2) is 4.27. The highest BCUT2D eigenvalue weighted by atomic mass is 16.6. The largest absolute Gasteiger partial charge is 0.452 e. The van der Waals surface area contributed by atoms with E-state index in [2.05, 4.69) is 20.8 Å². The predicted octanol–water partition coefficient (Wildman–Crippen LogP) is 2.98. The maximum absolute atomic E-state index is 12.1. The van der Waals surface area contributed by atoms with Crippen molar-refractivity contribution in [3.05, 3.63) is 11.1 Å². The van der Waals surface area contributed by atoms with E-state index in [-0.39, 0.29) is 29.0 Å². The van der Waals surface area contributed by atoms with E-state index in [0.717, 1.165) is 24.8 Å². The second-order valence-electron chi connectivity index (χ2n) is 9.77. The van der Waals surface area contributed by atoms with Gasteiger partial charge in [0.25, 0.3) is 0 Å². The van der Waals surface area contributed by atoms with Gasteiger partial charge in [0, 0.05) is 17.1 Å². The summed E-state index contributed by atoms with van der Waals surface area (Å²) in [6, 6.07) is 0. The van der Waals surface area contributed by atoms with Crippen molar-refractivity contribution in [2.24, 2.45) is 22.7 Å². The third-order valence-corrected chi connectivity index (χ3v) is 8.27. The topological polar surface area (TPSA) is 59.1 Å². The van der Waals surface area contributed by atoms with E-state index in [0.29, 0.717) is 16.9 Å². The summed E-state index contributed by atoms with van der Waals surface area (Å²) in [5.41, 5.74) is 1.70. The molecule has 0 aromatic heterocycles. The number of hydrogen-bond donors (Lipinski definition) is 1. The highest BCUT2D eigenvalue weighted by molar-refractivity contribution is 5.92. The summed E-state index contributed by atoms with van der Waals surface area (Å²) in [7, 11) is 0. The van der Waals surface area contributed by atoms with Crippen molar-refractivity contribution in [1.82, 2.24) is 0 Å². The van der Waals surface area contributed by atoms with E-state index >= 15 is 0 Å². The SMILES string of the molecule is CC1=C2[C@H]3O[C@]34CC[C@@H]3C(C)(C)CCC[C@@]3(C)[C@@H]4[C@@H](O)[C@H]2OC1=O. The molecule has 1 spiro atoms. The van der Waals surface area contributed by atoms with Crippen LogP contribution in [0.4, 0.5) is 0 Å². The van der Waals surface area contributed by atoms with Gasteiger partial charge in [-0.1, -0.05) is 27.2 Å². The van der Waals surface area contributed by atoms with Crippen molar-refractivity contribution in [1.29, 1.82) is 0 Å². The van der Waals surface area contributed by atoms with Crippen molar-refractivity contribution in [3.63, 3.8) is 0 Å². The molecule has 4 heteroatoms.